The van der Waals surface area contributed by atoms with Crippen LogP contribution in [0.4, 0.5) is 17.2 Å². The number of anilines is 3. The Labute approximate surface area is 251 Å². The zero-order valence-electron chi connectivity index (χ0n) is 25.3. The Balaban J connectivity index is 1.15. The number of hydrogen-bond acceptors (Lipinski definition) is 10. The molecule has 0 bridgehead atoms. The van der Waals surface area contributed by atoms with E-state index in [0.717, 1.165) is 54.3 Å². The van der Waals surface area contributed by atoms with Crippen molar-refractivity contribution in [1.82, 2.24) is 30.7 Å². The second-order valence-corrected chi connectivity index (χ2v) is 12.3. The maximum absolute atomic E-state index is 12.8. The first-order valence-corrected chi connectivity index (χ1v) is 14.7. The third-order valence-electron chi connectivity index (χ3n) is 7.92. The third-order valence-corrected chi connectivity index (χ3v) is 7.92. The van der Waals surface area contributed by atoms with Gasteiger partial charge in [0.1, 0.15) is 12.1 Å². The molecule has 0 saturated carbocycles. The SMILES string of the molecule is Cc1cc(-c2cc(Nc3ccc4c(c3)COCC3CNCCN43)ncn2)ccc1[C@@H](C)NC(=O)c1nc(C(C)(C)C)no1. The van der Waals surface area contributed by atoms with Crippen molar-refractivity contribution in [3.05, 3.63) is 77.2 Å². The lowest BCUT2D eigenvalue weighted by Gasteiger charge is -2.36. The van der Waals surface area contributed by atoms with Crippen molar-refractivity contribution in [3.8, 4) is 11.3 Å². The van der Waals surface area contributed by atoms with Crippen LogP contribution in [-0.4, -0.2) is 58.3 Å². The molecular weight excluding hydrogens is 544 g/mol. The number of aromatic nitrogens is 4. The van der Waals surface area contributed by atoms with E-state index < -0.39 is 5.91 Å². The maximum atomic E-state index is 12.8. The van der Waals surface area contributed by atoms with Crippen molar-refractivity contribution in [2.24, 2.45) is 0 Å². The smallest absolute Gasteiger partial charge is 0.315 e. The Kier molecular flexibility index (Phi) is 7.85. The van der Waals surface area contributed by atoms with E-state index in [0.29, 0.717) is 24.3 Å². The van der Waals surface area contributed by atoms with E-state index >= 15 is 0 Å². The molecule has 4 aromatic rings. The number of amides is 1. The van der Waals surface area contributed by atoms with Crippen LogP contribution in [0, 0.1) is 6.92 Å². The summed E-state index contributed by atoms with van der Waals surface area (Å²) in [5.74, 6) is 0.759. The number of aryl methyl sites for hydroxylation is 1. The molecule has 2 atom stereocenters. The summed E-state index contributed by atoms with van der Waals surface area (Å²) in [6, 6.07) is 14.5. The standard InChI is InChI=1S/C32H38N8O3/c1-19-12-21(6-8-25(19)20(2)36-29(41)30-38-31(39-43-30)32(3,4)5)26-14-28(35-18-34-26)37-23-7-9-27-22(13-23)16-42-17-24-15-33-10-11-40(24)27/h6-9,12-14,18,20,24,33H,10-11,15-17H2,1-5H3,(H,36,41)(H,34,35,37)/t20-,24?/m1/s1. The minimum Gasteiger partial charge on any atom is -0.375 e. The molecule has 0 aliphatic carbocycles. The van der Waals surface area contributed by atoms with Crippen LogP contribution >= 0.6 is 0 Å². The molecule has 1 fully saturated rings. The third kappa shape index (κ3) is 6.23. The molecule has 0 spiro atoms. The van der Waals surface area contributed by atoms with Crippen molar-refractivity contribution in [2.75, 3.05) is 36.5 Å². The molecule has 2 aliphatic rings. The van der Waals surface area contributed by atoms with Crippen LogP contribution in [0.5, 0.6) is 0 Å². The highest BCUT2D eigenvalue weighted by atomic mass is 16.5. The average molecular weight is 583 g/mol. The van der Waals surface area contributed by atoms with E-state index in [1.165, 1.54) is 11.3 Å². The summed E-state index contributed by atoms with van der Waals surface area (Å²) in [7, 11) is 0. The molecular formula is C32H38N8O3. The van der Waals surface area contributed by atoms with Gasteiger partial charge in [-0.25, -0.2) is 9.97 Å². The van der Waals surface area contributed by atoms with Crippen LogP contribution in [0.3, 0.4) is 0 Å². The number of nitrogens with zero attached hydrogens (tertiary/aromatic N) is 5. The van der Waals surface area contributed by atoms with Crippen LogP contribution in [0.25, 0.3) is 11.3 Å². The zero-order valence-corrected chi connectivity index (χ0v) is 25.3. The van der Waals surface area contributed by atoms with Crippen LogP contribution in [-0.2, 0) is 16.8 Å². The van der Waals surface area contributed by atoms with Crippen molar-refractivity contribution >= 4 is 23.1 Å². The Hall–Kier alpha value is -4.35. The Bertz CT molecular complexity index is 1630. The Morgan fingerprint density at radius 2 is 2.00 bits per heavy atom. The maximum Gasteiger partial charge on any atom is 0.315 e. The number of carbonyl (C=O) groups is 1. The minimum atomic E-state index is -0.400. The first-order valence-electron chi connectivity index (χ1n) is 14.7. The van der Waals surface area contributed by atoms with Gasteiger partial charge in [-0.1, -0.05) is 38.1 Å². The van der Waals surface area contributed by atoms with Gasteiger partial charge >= 0.3 is 11.8 Å². The van der Waals surface area contributed by atoms with Crippen molar-refractivity contribution < 1.29 is 14.1 Å². The van der Waals surface area contributed by atoms with E-state index in [1.807, 2.05) is 52.8 Å². The lowest BCUT2D eigenvalue weighted by atomic mass is 9.96. The van der Waals surface area contributed by atoms with Crippen LogP contribution in [0.15, 0.2) is 53.3 Å². The minimum absolute atomic E-state index is 0.0398. The fourth-order valence-corrected chi connectivity index (χ4v) is 5.60. The van der Waals surface area contributed by atoms with Crippen LogP contribution in [0.1, 0.15) is 66.9 Å². The molecule has 11 nitrogen and oxygen atoms in total. The molecule has 3 N–H and O–H groups in total. The predicted octanol–water partition coefficient (Wildman–Crippen LogP) is 4.68. The second-order valence-electron chi connectivity index (χ2n) is 12.3. The highest BCUT2D eigenvalue weighted by Gasteiger charge is 2.28. The molecule has 2 aromatic heterocycles. The number of fused-ring (bicyclic) bond motifs is 3. The molecule has 224 valence electrons. The average Bonchev–Trinajstić information content (AvgIpc) is 3.43. The lowest BCUT2D eigenvalue weighted by molar-refractivity contribution is 0.0895. The van der Waals surface area contributed by atoms with Crippen molar-refractivity contribution in [3.63, 3.8) is 0 Å². The van der Waals surface area contributed by atoms with Crippen LogP contribution in [0.2, 0.25) is 0 Å². The summed E-state index contributed by atoms with van der Waals surface area (Å²) < 4.78 is 11.2. The number of benzene rings is 2. The Morgan fingerprint density at radius 1 is 1.14 bits per heavy atom. The molecule has 0 radical (unpaired) electrons. The molecule has 1 saturated heterocycles. The van der Waals surface area contributed by atoms with Gasteiger partial charge < -0.3 is 30.1 Å². The molecule has 6 rings (SSSR count). The number of nitrogens with one attached hydrogen (secondary N) is 3. The largest absolute Gasteiger partial charge is 0.375 e. The predicted molar refractivity (Wildman–Crippen MR) is 164 cm³/mol. The molecule has 2 aliphatic heterocycles. The number of piperazine rings is 1. The first kappa shape index (κ1) is 28.8. The fraction of sp³-hybridized carbons (Fsp3) is 0.406. The van der Waals surface area contributed by atoms with Gasteiger partial charge in [0, 0.05) is 53.6 Å². The topological polar surface area (TPSA) is 130 Å². The van der Waals surface area contributed by atoms with E-state index in [4.69, 9.17) is 9.26 Å². The summed E-state index contributed by atoms with van der Waals surface area (Å²) in [6.07, 6.45) is 1.57. The van der Waals surface area contributed by atoms with E-state index in [1.54, 1.807) is 6.33 Å². The van der Waals surface area contributed by atoms with Gasteiger partial charge in [-0.3, -0.25) is 4.79 Å². The van der Waals surface area contributed by atoms with Gasteiger partial charge in [0.25, 0.3) is 0 Å². The number of hydrogen-bond donors (Lipinski definition) is 3. The Morgan fingerprint density at radius 3 is 2.79 bits per heavy atom. The second kappa shape index (κ2) is 11.7. The molecule has 43 heavy (non-hydrogen) atoms. The number of rotatable bonds is 6. The lowest BCUT2D eigenvalue weighted by Crippen LogP contribution is -2.53. The summed E-state index contributed by atoms with van der Waals surface area (Å²) in [5, 5.41) is 13.8. The van der Waals surface area contributed by atoms with E-state index in [9.17, 15) is 4.79 Å². The van der Waals surface area contributed by atoms with Gasteiger partial charge in [-0.15, -0.1) is 0 Å². The summed E-state index contributed by atoms with van der Waals surface area (Å²) in [4.78, 5) is 28.5. The highest BCUT2D eigenvalue weighted by molar-refractivity contribution is 5.89. The van der Waals surface area contributed by atoms with E-state index in [2.05, 4.69) is 65.2 Å². The molecule has 4 heterocycles. The van der Waals surface area contributed by atoms with Crippen molar-refractivity contribution in [1.29, 1.82) is 0 Å². The van der Waals surface area contributed by atoms with Gasteiger partial charge in [-0.2, -0.15) is 4.98 Å². The van der Waals surface area contributed by atoms with Gasteiger partial charge in [0.05, 0.1) is 31.0 Å². The summed E-state index contributed by atoms with van der Waals surface area (Å²) >= 11 is 0. The molecule has 1 unspecified atom stereocenters. The van der Waals surface area contributed by atoms with E-state index in [-0.39, 0.29) is 17.3 Å². The van der Waals surface area contributed by atoms with Gasteiger partial charge in [0.15, 0.2) is 5.82 Å². The number of ether oxygens (including phenoxy) is 1. The molecule has 1 amide bonds. The van der Waals surface area contributed by atoms with Crippen LogP contribution < -0.4 is 20.9 Å². The first-order chi connectivity index (χ1) is 20.7. The summed E-state index contributed by atoms with van der Waals surface area (Å²) in [5.41, 5.74) is 6.82. The normalized spacial score (nSPS) is 17.4. The van der Waals surface area contributed by atoms with Gasteiger partial charge in [0.2, 0.25) is 0 Å². The highest BCUT2D eigenvalue weighted by Crippen LogP contribution is 2.32. The van der Waals surface area contributed by atoms with Crippen molar-refractivity contribution in [2.45, 2.75) is 58.7 Å². The summed E-state index contributed by atoms with van der Waals surface area (Å²) in [6.45, 7) is 14.1. The molecule has 11 heteroatoms. The van der Waals surface area contributed by atoms with Gasteiger partial charge in [-0.05, 0) is 49.2 Å². The number of carbonyl (C=O) groups excluding carboxylic acids is 1. The monoisotopic (exact) mass is 582 g/mol. The fourth-order valence-electron chi connectivity index (χ4n) is 5.60. The zero-order chi connectivity index (χ0) is 30.1. The quantitative estimate of drug-likeness (QED) is 0.295. The molecule has 2 aromatic carbocycles.